The molecule has 1 saturated heterocycles. The maximum atomic E-state index is 11.5. The molecule has 3 nitrogen and oxygen atoms in total. The highest BCUT2D eigenvalue weighted by Gasteiger charge is 2.76. The summed E-state index contributed by atoms with van der Waals surface area (Å²) in [7, 11) is 0. The lowest BCUT2D eigenvalue weighted by atomic mass is 9.49. The molecule has 0 aromatic heterocycles. The molecule has 2 N–H and O–H groups in total. The summed E-state index contributed by atoms with van der Waals surface area (Å²) in [6.07, 6.45) is 11.0. The number of ether oxygens (including phenoxy) is 1. The zero-order chi connectivity index (χ0) is 22.6. The van der Waals surface area contributed by atoms with Gasteiger partial charge < -0.3 is 14.9 Å². The van der Waals surface area contributed by atoms with Crippen molar-refractivity contribution in [3.8, 4) is 0 Å². The lowest BCUT2D eigenvalue weighted by molar-refractivity contribution is -0.00164. The molecule has 3 heteroatoms. The Labute approximate surface area is 195 Å². The first kappa shape index (κ1) is 22.1. The summed E-state index contributed by atoms with van der Waals surface area (Å²) < 4.78 is 6.35. The molecule has 4 fully saturated rings. The second-order valence-electron chi connectivity index (χ2n) is 13.7. The van der Waals surface area contributed by atoms with E-state index >= 15 is 0 Å². The van der Waals surface area contributed by atoms with Gasteiger partial charge in [-0.15, -0.1) is 0 Å². The molecule has 180 valence electrons. The minimum Gasteiger partial charge on any atom is -0.393 e. The Bertz CT molecular complexity index is 819. The van der Waals surface area contributed by atoms with Crippen LogP contribution in [-0.4, -0.2) is 34.1 Å². The topological polar surface area (TPSA) is 53.0 Å². The highest BCUT2D eigenvalue weighted by molar-refractivity contribution is 5.45. The summed E-state index contributed by atoms with van der Waals surface area (Å²) in [5, 5.41) is 21.9. The second kappa shape index (κ2) is 7.08. The van der Waals surface area contributed by atoms with E-state index in [0.717, 1.165) is 48.9 Å². The Morgan fingerprint density at radius 3 is 2.47 bits per heavy atom. The summed E-state index contributed by atoms with van der Waals surface area (Å²) in [5.41, 5.74) is 2.99. The van der Waals surface area contributed by atoms with Crippen LogP contribution in [0, 0.1) is 46.3 Å². The fourth-order valence-corrected chi connectivity index (χ4v) is 9.92. The quantitative estimate of drug-likeness (QED) is 0.413. The fourth-order valence-electron chi connectivity index (χ4n) is 9.92. The molecule has 1 aliphatic heterocycles. The molecule has 1 spiro atoms. The van der Waals surface area contributed by atoms with Gasteiger partial charge in [0.15, 0.2) is 0 Å². The van der Waals surface area contributed by atoms with Crippen LogP contribution in [0.3, 0.4) is 0 Å². The molecule has 5 aliphatic carbocycles. The van der Waals surface area contributed by atoms with Gasteiger partial charge in [-0.3, -0.25) is 0 Å². The average molecular weight is 443 g/mol. The molecule has 0 aromatic rings. The van der Waals surface area contributed by atoms with Crippen LogP contribution in [0.15, 0.2) is 11.1 Å². The lowest BCUT2D eigenvalue weighted by Gasteiger charge is -2.54. The van der Waals surface area contributed by atoms with Crippen molar-refractivity contribution in [1.82, 2.24) is 0 Å². The van der Waals surface area contributed by atoms with Gasteiger partial charge in [-0.25, -0.2) is 0 Å². The van der Waals surface area contributed by atoms with E-state index in [1.165, 1.54) is 49.7 Å². The number of fused-ring (bicyclic) bond motifs is 3. The summed E-state index contributed by atoms with van der Waals surface area (Å²) in [4.78, 5) is 0. The Morgan fingerprint density at radius 1 is 1.03 bits per heavy atom. The van der Waals surface area contributed by atoms with Gasteiger partial charge in [0.1, 0.15) is 17.8 Å². The second-order valence-corrected chi connectivity index (χ2v) is 13.7. The summed E-state index contributed by atoms with van der Waals surface area (Å²) in [5.74, 6) is 4.93. The molecule has 0 unspecified atom stereocenters. The highest BCUT2D eigenvalue weighted by atomic mass is 16.6. The van der Waals surface area contributed by atoms with Gasteiger partial charge in [0.2, 0.25) is 0 Å². The van der Waals surface area contributed by atoms with Crippen LogP contribution in [0.5, 0.6) is 0 Å². The first-order valence-electron chi connectivity index (χ1n) is 13.9. The minimum atomic E-state index is -0.446. The summed E-state index contributed by atoms with van der Waals surface area (Å²) >= 11 is 0. The van der Waals surface area contributed by atoms with E-state index in [2.05, 4.69) is 34.6 Å². The van der Waals surface area contributed by atoms with E-state index in [-0.39, 0.29) is 23.2 Å². The molecule has 3 saturated carbocycles. The molecule has 0 amide bonds. The number of hydrogen-bond acceptors (Lipinski definition) is 3. The van der Waals surface area contributed by atoms with Crippen LogP contribution >= 0.6 is 0 Å². The fraction of sp³-hybridized carbons (Fsp3) is 0.931. The number of aliphatic hydroxyl groups excluding tert-OH is 2. The first-order chi connectivity index (χ1) is 15.1. The van der Waals surface area contributed by atoms with Crippen molar-refractivity contribution in [2.75, 3.05) is 0 Å². The third-order valence-electron chi connectivity index (χ3n) is 12.2. The van der Waals surface area contributed by atoms with Gasteiger partial charge in [-0.2, -0.15) is 0 Å². The van der Waals surface area contributed by atoms with Crippen LogP contribution in [0.1, 0.15) is 98.8 Å². The van der Waals surface area contributed by atoms with Crippen molar-refractivity contribution in [3.63, 3.8) is 0 Å². The van der Waals surface area contributed by atoms with Gasteiger partial charge in [0.05, 0.1) is 6.10 Å². The van der Waals surface area contributed by atoms with E-state index in [4.69, 9.17) is 4.74 Å². The van der Waals surface area contributed by atoms with E-state index in [1.54, 1.807) is 0 Å². The molecule has 6 aliphatic rings. The Balaban J connectivity index is 1.24. The Morgan fingerprint density at radius 2 is 1.75 bits per heavy atom. The van der Waals surface area contributed by atoms with Crippen molar-refractivity contribution >= 4 is 0 Å². The summed E-state index contributed by atoms with van der Waals surface area (Å²) in [6.45, 7) is 12.4. The highest BCUT2D eigenvalue weighted by Crippen LogP contribution is 2.72. The SMILES string of the molecule is C[C@H](CC[C@@H](C)[C@H]1CC[C@@H]2C3=C(CC[C@@]21C)[C@@]1(C)CC[C@H](O)C[C@@]12O[C@H]2[C@@H]3O)[C@@H]1C[C@H]1C. The van der Waals surface area contributed by atoms with Crippen LogP contribution in [0.25, 0.3) is 0 Å². The molecule has 6 rings (SSSR count). The van der Waals surface area contributed by atoms with Crippen molar-refractivity contribution in [3.05, 3.63) is 11.1 Å². The van der Waals surface area contributed by atoms with Crippen molar-refractivity contribution in [2.24, 2.45) is 46.3 Å². The largest absolute Gasteiger partial charge is 0.393 e. The minimum absolute atomic E-state index is 0.0207. The van der Waals surface area contributed by atoms with Crippen LogP contribution in [0.4, 0.5) is 0 Å². The van der Waals surface area contributed by atoms with E-state index in [0.29, 0.717) is 17.8 Å². The van der Waals surface area contributed by atoms with Gasteiger partial charge in [-0.05, 0) is 91.4 Å². The van der Waals surface area contributed by atoms with E-state index in [9.17, 15) is 10.2 Å². The van der Waals surface area contributed by atoms with Crippen molar-refractivity contribution in [1.29, 1.82) is 0 Å². The molecular weight excluding hydrogens is 396 g/mol. The molecular formula is C29H46O3. The zero-order valence-electron chi connectivity index (χ0n) is 21.1. The van der Waals surface area contributed by atoms with Gasteiger partial charge in [-0.1, -0.05) is 53.0 Å². The third-order valence-corrected chi connectivity index (χ3v) is 12.2. The lowest BCUT2D eigenvalue weighted by Crippen LogP contribution is -2.55. The van der Waals surface area contributed by atoms with Crippen molar-refractivity contribution < 1.29 is 14.9 Å². The molecule has 0 radical (unpaired) electrons. The first-order valence-corrected chi connectivity index (χ1v) is 13.9. The molecule has 1 heterocycles. The summed E-state index contributed by atoms with van der Waals surface area (Å²) in [6, 6.07) is 0. The van der Waals surface area contributed by atoms with Crippen LogP contribution in [-0.2, 0) is 4.74 Å². The van der Waals surface area contributed by atoms with Crippen LogP contribution < -0.4 is 0 Å². The molecule has 12 atom stereocenters. The van der Waals surface area contributed by atoms with Crippen LogP contribution in [0.2, 0.25) is 0 Å². The Kier molecular flexibility index (Phi) is 4.89. The maximum absolute atomic E-state index is 11.5. The van der Waals surface area contributed by atoms with Gasteiger partial charge in [0, 0.05) is 11.8 Å². The number of aliphatic hydroxyl groups is 2. The van der Waals surface area contributed by atoms with E-state index in [1.807, 2.05) is 0 Å². The molecule has 0 bridgehead atoms. The number of epoxide rings is 1. The van der Waals surface area contributed by atoms with Gasteiger partial charge in [0.25, 0.3) is 0 Å². The van der Waals surface area contributed by atoms with E-state index < -0.39 is 6.10 Å². The predicted molar refractivity (Wildman–Crippen MR) is 127 cm³/mol. The normalized spacial score (nSPS) is 55.4. The predicted octanol–water partition coefficient (Wildman–Crippen LogP) is 5.88. The van der Waals surface area contributed by atoms with Gasteiger partial charge >= 0.3 is 0 Å². The monoisotopic (exact) mass is 442 g/mol. The average Bonchev–Trinajstić information content (AvgIpc) is 3.63. The number of rotatable bonds is 5. The molecule has 0 aromatic carbocycles. The van der Waals surface area contributed by atoms with Crippen molar-refractivity contribution in [2.45, 2.75) is 123 Å². The Hall–Kier alpha value is -0.380. The zero-order valence-corrected chi connectivity index (χ0v) is 21.1. The standard InChI is InChI=1S/C29H46O3/c1-16(20-14-18(20)3)6-7-17(2)21-8-9-22-24-23(11-12-27(21,22)4)28(5)13-10-19(30)15-29(28)26(32-29)25(24)31/h16-22,25-26,30-31H,6-15H2,1-5H3/t16-,17-,18-,19+,20+,21-,22-,25-,26+,27-,28-,29+/m1/s1. The number of hydrogen-bond donors (Lipinski definition) is 2. The molecule has 32 heavy (non-hydrogen) atoms. The smallest absolute Gasteiger partial charge is 0.118 e. The third kappa shape index (κ3) is 2.83. The maximum Gasteiger partial charge on any atom is 0.118 e.